The lowest BCUT2D eigenvalue weighted by Crippen LogP contribution is -2.11. The van der Waals surface area contributed by atoms with Gasteiger partial charge in [0.15, 0.2) is 10.3 Å². The summed E-state index contributed by atoms with van der Waals surface area (Å²) in [6.07, 6.45) is 0.343. The SMILES string of the molecule is COc1ccc(-c2nc(SCCC(=O)Nc3nc4ccc(C)cc4s3)[nH]c2-c2ccc(OC)cc2)cc1. The van der Waals surface area contributed by atoms with E-state index in [2.05, 4.69) is 21.4 Å². The summed E-state index contributed by atoms with van der Waals surface area (Å²) in [6.45, 7) is 2.05. The van der Waals surface area contributed by atoms with Crippen LogP contribution in [0.1, 0.15) is 12.0 Å². The number of carbonyl (C=O) groups is 1. The highest BCUT2D eigenvalue weighted by Crippen LogP contribution is 2.34. The number of aromatic amines is 1. The fourth-order valence-corrected chi connectivity index (χ4v) is 5.64. The van der Waals surface area contributed by atoms with E-state index in [9.17, 15) is 4.79 Å². The molecule has 2 aromatic heterocycles. The van der Waals surface area contributed by atoms with E-state index >= 15 is 0 Å². The van der Waals surface area contributed by atoms with E-state index in [4.69, 9.17) is 14.5 Å². The second-order valence-corrected chi connectivity index (χ2v) is 10.5. The number of ether oxygens (including phenoxy) is 2. The number of amides is 1. The number of H-pyrrole nitrogens is 1. The van der Waals surface area contributed by atoms with Crippen molar-refractivity contribution in [2.24, 2.45) is 0 Å². The summed E-state index contributed by atoms with van der Waals surface area (Å²) in [5.41, 5.74) is 5.78. The second-order valence-electron chi connectivity index (χ2n) is 8.36. The predicted molar refractivity (Wildman–Crippen MR) is 151 cm³/mol. The number of aryl methyl sites for hydroxylation is 1. The van der Waals surface area contributed by atoms with Crippen LogP contribution in [0.3, 0.4) is 0 Å². The van der Waals surface area contributed by atoms with Gasteiger partial charge in [-0.05, 0) is 73.2 Å². The number of nitrogens with zero attached hydrogens (tertiary/aromatic N) is 2. The fraction of sp³-hybridized carbons (Fsp3) is 0.179. The Morgan fingerprint density at radius 1 is 0.946 bits per heavy atom. The number of benzene rings is 3. The molecule has 37 heavy (non-hydrogen) atoms. The van der Waals surface area contributed by atoms with Crippen LogP contribution in [-0.2, 0) is 4.79 Å². The number of rotatable bonds is 9. The number of aromatic nitrogens is 3. The molecule has 5 rings (SSSR count). The van der Waals surface area contributed by atoms with Gasteiger partial charge >= 0.3 is 0 Å². The molecule has 0 spiro atoms. The van der Waals surface area contributed by atoms with E-state index in [0.717, 1.165) is 49.4 Å². The quantitative estimate of drug-likeness (QED) is 0.204. The van der Waals surface area contributed by atoms with Crippen molar-refractivity contribution in [3.05, 3.63) is 72.3 Å². The van der Waals surface area contributed by atoms with Gasteiger partial charge in [0.05, 0.1) is 35.8 Å². The molecule has 0 bridgehead atoms. The third kappa shape index (κ3) is 5.79. The normalized spacial score (nSPS) is 11.0. The Balaban J connectivity index is 1.29. The molecule has 0 saturated carbocycles. The zero-order valence-electron chi connectivity index (χ0n) is 20.7. The first-order valence-electron chi connectivity index (χ1n) is 11.7. The third-order valence-electron chi connectivity index (χ3n) is 5.78. The topological polar surface area (TPSA) is 89.1 Å². The molecule has 7 nitrogen and oxygen atoms in total. The lowest BCUT2D eigenvalue weighted by Gasteiger charge is -2.06. The lowest BCUT2D eigenvalue weighted by molar-refractivity contribution is -0.115. The number of fused-ring (bicyclic) bond motifs is 1. The van der Waals surface area contributed by atoms with Crippen LogP contribution in [0.4, 0.5) is 5.13 Å². The summed E-state index contributed by atoms with van der Waals surface area (Å²) in [5.74, 6) is 2.08. The number of anilines is 1. The summed E-state index contributed by atoms with van der Waals surface area (Å²) in [5, 5.41) is 4.30. The molecule has 5 aromatic rings. The first-order chi connectivity index (χ1) is 18.0. The summed E-state index contributed by atoms with van der Waals surface area (Å²) in [4.78, 5) is 25.4. The highest BCUT2D eigenvalue weighted by Gasteiger charge is 2.16. The van der Waals surface area contributed by atoms with Gasteiger partial charge in [0.2, 0.25) is 5.91 Å². The maximum Gasteiger partial charge on any atom is 0.226 e. The van der Waals surface area contributed by atoms with Crippen LogP contribution in [0.15, 0.2) is 71.9 Å². The van der Waals surface area contributed by atoms with Gasteiger partial charge in [-0.25, -0.2) is 9.97 Å². The molecule has 0 radical (unpaired) electrons. The molecule has 0 atom stereocenters. The minimum atomic E-state index is -0.0689. The van der Waals surface area contributed by atoms with E-state index in [1.807, 2.05) is 67.6 Å². The lowest BCUT2D eigenvalue weighted by atomic mass is 10.0. The van der Waals surface area contributed by atoms with Crippen LogP contribution < -0.4 is 14.8 Å². The zero-order valence-corrected chi connectivity index (χ0v) is 22.3. The monoisotopic (exact) mass is 530 g/mol. The molecule has 0 aliphatic rings. The molecule has 9 heteroatoms. The van der Waals surface area contributed by atoms with Gasteiger partial charge in [-0.15, -0.1) is 0 Å². The number of methoxy groups -OCH3 is 2. The van der Waals surface area contributed by atoms with Gasteiger partial charge in [0.25, 0.3) is 0 Å². The summed E-state index contributed by atoms with van der Waals surface area (Å²) >= 11 is 3.00. The molecule has 2 N–H and O–H groups in total. The van der Waals surface area contributed by atoms with Gasteiger partial charge in [-0.1, -0.05) is 29.2 Å². The Morgan fingerprint density at radius 3 is 2.30 bits per heavy atom. The maximum absolute atomic E-state index is 12.6. The van der Waals surface area contributed by atoms with E-state index in [0.29, 0.717) is 17.3 Å². The molecular formula is C28H26N4O3S2. The number of thiazole rings is 1. The number of nitrogens with one attached hydrogen (secondary N) is 2. The molecule has 2 heterocycles. The van der Waals surface area contributed by atoms with Crippen molar-refractivity contribution in [1.29, 1.82) is 0 Å². The second kappa shape index (κ2) is 11.1. The Bertz CT molecular complexity index is 1460. The van der Waals surface area contributed by atoms with E-state index in [1.165, 1.54) is 28.7 Å². The molecule has 188 valence electrons. The average Bonchev–Trinajstić information content (AvgIpc) is 3.52. The minimum absolute atomic E-state index is 0.0689. The molecule has 0 aliphatic heterocycles. The molecule has 0 fully saturated rings. The van der Waals surface area contributed by atoms with Gasteiger partial charge < -0.3 is 19.8 Å². The van der Waals surface area contributed by atoms with Crippen molar-refractivity contribution in [1.82, 2.24) is 15.0 Å². The Hall–Kier alpha value is -3.82. The van der Waals surface area contributed by atoms with E-state index in [-0.39, 0.29) is 5.91 Å². The van der Waals surface area contributed by atoms with Gasteiger partial charge in [0, 0.05) is 23.3 Å². The van der Waals surface area contributed by atoms with Crippen molar-refractivity contribution < 1.29 is 14.3 Å². The number of carbonyl (C=O) groups excluding carboxylic acids is 1. The summed E-state index contributed by atoms with van der Waals surface area (Å²) in [7, 11) is 3.30. The van der Waals surface area contributed by atoms with Crippen LogP contribution in [0.25, 0.3) is 32.7 Å². The van der Waals surface area contributed by atoms with Crippen molar-refractivity contribution in [2.45, 2.75) is 18.5 Å². The van der Waals surface area contributed by atoms with Crippen LogP contribution in [0.2, 0.25) is 0 Å². The van der Waals surface area contributed by atoms with E-state index < -0.39 is 0 Å². The fourth-order valence-electron chi connectivity index (χ4n) is 3.85. The third-order valence-corrected chi connectivity index (χ3v) is 7.59. The van der Waals surface area contributed by atoms with Crippen molar-refractivity contribution in [2.75, 3.05) is 25.3 Å². The standard InChI is InChI=1S/C28H26N4O3S2/c1-17-4-13-22-23(16-17)37-28(29-22)30-24(33)14-15-36-27-31-25(18-5-9-20(34-2)10-6-18)26(32-27)19-7-11-21(35-3)12-8-19/h4-13,16H,14-15H2,1-3H3,(H,31,32)(H,29,30,33). The number of imidazole rings is 1. The van der Waals surface area contributed by atoms with Crippen molar-refractivity contribution in [3.63, 3.8) is 0 Å². The molecule has 3 aromatic carbocycles. The number of hydrogen-bond acceptors (Lipinski definition) is 7. The Morgan fingerprint density at radius 2 is 1.62 bits per heavy atom. The molecular weight excluding hydrogens is 504 g/mol. The van der Waals surface area contributed by atoms with Crippen molar-refractivity contribution >= 4 is 44.4 Å². The van der Waals surface area contributed by atoms with E-state index in [1.54, 1.807) is 14.2 Å². The number of thioether (sulfide) groups is 1. The zero-order chi connectivity index (χ0) is 25.8. The van der Waals surface area contributed by atoms with Crippen LogP contribution in [0.5, 0.6) is 11.5 Å². The molecule has 0 aliphatic carbocycles. The highest BCUT2D eigenvalue weighted by molar-refractivity contribution is 7.99. The predicted octanol–water partition coefficient (Wildman–Crippen LogP) is 6.80. The highest BCUT2D eigenvalue weighted by atomic mass is 32.2. The molecule has 1 amide bonds. The number of hydrogen-bond donors (Lipinski definition) is 2. The smallest absolute Gasteiger partial charge is 0.226 e. The Labute approximate surface area is 223 Å². The van der Waals surface area contributed by atoms with Gasteiger partial charge in [-0.2, -0.15) is 0 Å². The average molecular weight is 531 g/mol. The molecule has 0 saturated heterocycles. The van der Waals surface area contributed by atoms with Crippen LogP contribution >= 0.6 is 23.1 Å². The largest absolute Gasteiger partial charge is 0.497 e. The first-order valence-corrected chi connectivity index (χ1v) is 13.5. The summed E-state index contributed by atoms with van der Waals surface area (Å²) < 4.78 is 11.7. The van der Waals surface area contributed by atoms with Crippen LogP contribution in [-0.4, -0.2) is 40.8 Å². The minimum Gasteiger partial charge on any atom is -0.497 e. The van der Waals surface area contributed by atoms with Crippen molar-refractivity contribution in [3.8, 4) is 34.0 Å². The van der Waals surface area contributed by atoms with Crippen LogP contribution in [0, 0.1) is 6.92 Å². The van der Waals surface area contributed by atoms with Gasteiger partial charge in [-0.3, -0.25) is 4.79 Å². The maximum atomic E-state index is 12.6. The Kier molecular flexibility index (Phi) is 7.43. The summed E-state index contributed by atoms with van der Waals surface area (Å²) in [6, 6.07) is 21.7. The first kappa shape index (κ1) is 24.9. The van der Waals surface area contributed by atoms with Gasteiger partial charge in [0.1, 0.15) is 11.5 Å². The molecule has 0 unspecified atom stereocenters.